The van der Waals surface area contributed by atoms with Gasteiger partial charge in [0.15, 0.2) is 5.69 Å². The SMILES string of the molecule is N#Cc1ncccc1N1CCN(C2CCCCC2)CC1. The minimum absolute atomic E-state index is 0.554. The summed E-state index contributed by atoms with van der Waals surface area (Å²) in [5.41, 5.74) is 1.55. The smallest absolute Gasteiger partial charge is 0.163 e. The van der Waals surface area contributed by atoms with Gasteiger partial charge in [-0.05, 0) is 25.0 Å². The summed E-state index contributed by atoms with van der Waals surface area (Å²) in [7, 11) is 0. The molecule has 3 rings (SSSR count). The van der Waals surface area contributed by atoms with Gasteiger partial charge in [-0.2, -0.15) is 5.26 Å². The molecular formula is C16H22N4. The van der Waals surface area contributed by atoms with Crippen LogP contribution in [0.25, 0.3) is 0 Å². The molecule has 0 amide bonds. The molecule has 0 unspecified atom stereocenters. The molecule has 0 N–H and O–H groups in total. The van der Waals surface area contributed by atoms with Crippen LogP contribution in [0.3, 0.4) is 0 Å². The number of nitriles is 1. The molecule has 4 nitrogen and oxygen atoms in total. The summed E-state index contributed by atoms with van der Waals surface area (Å²) in [5.74, 6) is 0. The number of pyridine rings is 1. The number of hydrogen-bond acceptors (Lipinski definition) is 4. The van der Waals surface area contributed by atoms with Crippen LogP contribution in [-0.4, -0.2) is 42.1 Å². The van der Waals surface area contributed by atoms with Crippen molar-refractivity contribution in [1.82, 2.24) is 9.88 Å². The van der Waals surface area contributed by atoms with Crippen molar-refractivity contribution in [2.24, 2.45) is 0 Å². The molecule has 2 fully saturated rings. The Kier molecular flexibility index (Phi) is 4.17. The average Bonchev–Trinajstić information content (AvgIpc) is 2.56. The van der Waals surface area contributed by atoms with Crippen molar-refractivity contribution in [3.63, 3.8) is 0 Å². The van der Waals surface area contributed by atoms with Crippen LogP contribution in [0.4, 0.5) is 5.69 Å². The van der Waals surface area contributed by atoms with Gasteiger partial charge in [0.1, 0.15) is 6.07 Å². The Hall–Kier alpha value is -1.60. The molecular weight excluding hydrogens is 248 g/mol. The van der Waals surface area contributed by atoms with Crippen LogP contribution in [0.2, 0.25) is 0 Å². The third kappa shape index (κ3) is 2.78. The second-order valence-electron chi connectivity index (χ2n) is 5.80. The molecule has 1 saturated carbocycles. The van der Waals surface area contributed by atoms with E-state index in [1.165, 1.54) is 32.1 Å². The van der Waals surface area contributed by atoms with Crippen molar-refractivity contribution in [2.75, 3.05) is 31.1 Å². The van der Waals surface area contributed by atoms with Crippen molar-refractivity contribution >= 4 is 5.69 Å². The van der Waals surface area contributed by atoms with Gasteiger partial charge in [-0.25, -0.2) is 4.98 Å². The standard InChI is InChI=1S/C16H22N4/c17-13-15-16(7-4-8-18-15)20-11-9-19(10-12-20)14-5-2-1-3-6-14/h4,7-8,14H,1-3,5-6,9-12H2. The first kappa shape index (κ1) is 13.4. The predicted molar refractivity (Wildman–Crippen MR) is 79.6 cm³/mol. The monoisotopic (exact) mass is 270 g/mol. The lowest BCUT2D eigenvalue weighted by atomic mass is 9.94. The lowest BCUT2D eigenvalue weighted by Crippen LogP contribution is -2.51. The number of piperazine rings is 1. The molecule has 0 radical (unpaired) electrons. The zero-order valence-corrected chi connectivity index (χ0v) is 12.0. The number of hydrogen-bond donors (Lipinski definition) is 0. The first-order chi connectivity index (χ1) is 9.88. The maximum atomic E-state index is 9.16. The van der Waals surface area contributed by atoms with E-state index in [9.17, 15) is 0 Å². The Balaban J connectivity index is 1.62. The van der Waals surface area contributed by atoms with Gasteiger partial charge in [0.05, 0.1) is 5.69 Å². The molecule has 1 aliphatic carbocycles. The average molecular weight is 270 g/mol. The van der Waals surface area contributed by atoms with Gasteiger partial charge in [-0.3, -0.25) is 4.90 Å². The first-order valence-corrected chi connectivity index (χ1v) is 7.72. The summed E-state index contributed by atoms with van der Waals surface area (Å²) in [6.07, 6.45) is 8.64. The van der Waals surface area contributed by atoms with Crippen LogP contribution in [-0.2, 0) is 0 Å². The normalized spacial score (nSPS) is 21.6. The Bertz CT molecular complexity index is 479. The van der Waals surface area contributed by atoms with Gasteiger partial charge in [0, 0.05) is 38.4 Å². The zero-order valence-electron chi connectivity index (χ0n) is 12.0. The fraction of sp³-hybridized carbons (Fsp3) is 0.625. The summed E-state index contributed by atoms with van der Waals surface area (Å²) >= 11 is 0. The minimum atomic E-state index is 0.554. The van der Waals surface area contributed by atoms with Gasteiger partial charge < -0.3 is 4.90 Å². The summed E-state index contributed by atoms with van der Waals surface area (Å²) in [4.78, 5) is 9.13. The summed E-state index contributed by atoms with van der Waals surface area (Å²) in [6, 6.07) is 6.94. The topological polar surface area (TPSA) is 43.2 Å². The van der Waals surface area contributed by atoms with E-state index in [0.29, 0.717) is 5.69 Å². The fourth-order valence-corrected chi connectivity index (χ4v) is 3.51. The van der Waals surface area contributed by atoms with Gasteiger partial charge >= 0.3 is 0 Å². The molecule has 4 heteroatoms. The highest BCUT2D eigenvalue weighted by atomic mass is 15.3. The van der Waals surface area contributed by atoms with Crippen LogP contribution < -0.4 is 4.90 Å². The zero-order chi connectivity index (χ0) is 13.8. The molecule has 1 aromatic heterocycles. The largest absolute Gasteiger partial charge is 0.367 e. The second-order valence-corrected chi connectivity index (χ2v) is 5.80. The Labute approximate surface area is 121 Å². The minimum Gasteiger partial charge on any atom is -0.367 e. The maximum absolute atomic E-state index is 9.16. The van der Waals surface area contributed by atoms with Crippen LogP contribution in [0.5, 0.6) is 0 Å². The van der Waals surface area contributed by atoms with Crippen molar-refractivity contribution in [3.05, 3.63) is 24.0 Å². The maximum Gasteiger partial charge on any atom is 0.163 e. The lowest BCUT2D eigenvalue weighted by Gasteiger charge is -2.41. The van der Waals surface area contributed by atoms with Gasteiger partial charge in [-0.15, -0.1) is 0 Å². The van der Waals surface area contributed by atoms with Crippen molar-refractivity contribution in [1.29, 1.82) is 5.26 Å². The highest BCUT2D eigenvalue weighted by Gasteiger charge is 2.25. The molecule has 0 atom stereocenters. The van der Waals surface area contributed by atoms with E-state index in [-0.39, 0.29) is 0 Å². The van der Waals surface area contributed by atoms with E-state index in [0.717, 1.165) is 37.9 Å². The van der Waals surface area contributed by atoms with Gasteiger partial charge in [0.2, 0.25) is 0 Å². The van der Waals surface area contributed by atoms with E-state index in [4.69, 9.17) is 5.26 Å². The van der Waals surface area contributed by atoms with Crippen molar-refractivity contribution < 1.29 is 0 Å². The van der Waals surface area contributed by atoms with Gasteiger partial charge in [-0.1, -0.05) is 19.3 Å². The second kappa shape index (κ2) is 6.23. The van der Waals surface area contributed by atoms with E-state index in [1.54, 1.807) is 6.20 Å². The number of anilines is 1. The van der Waals surface area contributed by atoms with E-state index in [2.05, 4.69) is 20.9 Å². The Morgan fingerprint density at radius 2 is 1.85 bits per heavy atom. The molecule has 0 bridgehead atoms. The quantitative estimate of drug-likeness (QED) is 0.827. The highest BCUT2D eigenvalue weighted by Crippen LogP contribution is 2.25. The van der Waals surface area contributed by atoms with E-state index in [1.807, 2.05) is 12.1 Å². The molecule has 2 heterocycles. The molecule has 1 saturated heterocycles. The van der Waals surface area contributed by atoms with Crippen LogP contribution in [0, 0.1) is 11.3 Å². The van der Waals surface area contributed by atoms with Crippen LogP contribution in [0.1, 0.15) is 37.8 Å². The van der Waals surface area contributed by atoms with Crippen molar-refractivity contribution in [2.45, 2.75) is 38.1 Å². The summed E-state index contributed by atoms with van der Waals surface area (Å²) in [6.45, 7) is 4.25. The van der Waals surface area contributed by atoms with Crippen LogP contribution in [0.15, 0.2) is 18.3 Å². The molecule has 0 aromatic carbocycles. The molecule has 1 aromatic rings. The molecule has 2 aliphatic rings. The summed E-state index contributed by atoms with van der Waals surface area (Å²) < 4.78 is 0. The number of aromatic nitrogens is 1. The fourth-order valence-electron chi connectivity index (χ4n) is 3.51. The van der Waals surface area contributed by atoms with Crippen LogP contribution >= 0.6 is 0 Å². The molecule has 0 spiro atoms. The first-order valence-electron chi connectivity index (χ1n) is 7.72. The third-order valence-electron chi connectivity index (χ3n) is 4.64. The Morgan fingerprint density at radius 1 is 1.10 bits per heavy atom. The number of nitrogens with zero attached hydrogens (tertiary/aromatic N) is 4. The summed E-state index contributed by atoms with van der Waals surface area (Å²) in [5, 5.41) is 9.16. The lowest BCUT2D eigenvalue weighted by molar-refractivity contribution is 0.148. The molecule has 1 aliphatic heterocycles. The third-order valence-corrected chi connectivity index (χ3v) is 4.64. The highest BCUT2D eigenvalue weighted by molar-refractivity contribution is 5.55. The van der Waals surface area contributed by atoms with E-state index < -0.39 is 0 Å². The van der Waals surface area contributed by atoms with Crippen molar-refractivity contribution in [3.8, 4) is 6.07 Å². The number of rotatable bonds is 2. The van der Waals surface area contributed by atoms with Gasteiger partial charge in [0.25, 0.3) is 0 Å². The Morgan fingerprint density at radius 3 is 2.55 bits per heavy atom. The molecule has 20 heavy (non-hydrogen) atoms. The predicted octanol–water partition coefficient (Wildman–Crippen LogP) is 2.41. The molecule has 106 valence electrons. The van der Waals surface area contributed by atoms with E-state index >= 15 is 0 Å².